The molecule has 0 spiro atoms. The number of benzene rings is 2. The van der Waals surface area contributed by atoms with Gasteiger partial charge in [-0.25, -0.2) is 13.1 Å². The lowest BCUT2D eigenvalue weighted by Gasteiger charge is -2.19. The predicted molar refractivity (Wildman–Crippen MR) is 123 cm³/mol. The van der Waals surface area contributed by atoms with Gasteiger partial charge in [-0.05, 0) is 50.2 Å². The molecule has 0 radical (unpaired) electrons. The lowest BCUT2D eigenvalue weighted by molar-refractivity contribution is 0.102. The summed E-state index contributed by atoms with van der Waals surface area (Å²) in [6, 6.07) is 13.5. The second-order valence-electron chi connectivity index (χ2n) is 7.04. The number of carbonyl (C=O) groups excluding carboxylic acids is 1. The maximum atomic E-state index is 13.0. The average molecular weight is 461 g/mol. The number of carbonyl (C=O) groups is 1. The number of nitrogens with zero attached hydrogens (tertiary/aromatic N) is 3. The summed E-state index contributed by atoms with van der Waals surface area (Å²) in [5, 5.41) is 7.42. The summed E-state index contributed by atoms with van der Waals surface area (Å²) in [5.74, 6) is -0.443. The number of aromatic nitrogens is 2. The third-order valence-corrected chi connectivity index (χ3v) is 7.44. The smallest absolute Gasteiger partial charge is 0.255 e. The molecule has 0 fully saturated rings. The number of hydrogen-bond donors (Lipinski definition) is 1. The molecular weight excluding hydrogens is 436 g/mol. The number of aryl methyl sites for hydroxylation is 2. The van der Waals surface area contributed by atoms with Crippen molar-refractivity contribution in [3.63, 3.8) is 0 Å². The van der Waals surface area contributed by atoms with Gasteiger partial charge in [-0.1, -0.05) is 37.6 Å². The van der Waals surface area contributed by atoms with Crippen LogP contribution in [0.4, 0.5) is 5.69 Å². The van der Waals surface area contributed by atoms with Gasteiger partial charge in [-0.3, -0.25) is 4.79 Å². The number of hydrogen-bond acceptors (Lipinski definition) is 4. The molecule has 0 saturated carbocycles. The Morgan fingerprint density at radius 2 is 1.77 bits per heavy atom. The molecule has 1 amide bonds. The highest BCUT2D eigenvalue weighted by molar-refractivity contribution is 7.89. The van der Waals surface area contributed by atoms with Crippen LogP contribution < -0.4 is 5.32 Å². The Balaban J connectivity index is 1.97. The molecule has 0 bridgehead atoms. The molecule has 9 heteroatoms. The van der Waals surface area contributed by atoms with E-state index in [2.05, 4.69) is 10.4 Å². The summed E-state index contributed by atoms with van der Waals surface area (Å²) in [6.45, 7) is 7.95. The largest absolute Gasteiger partial charge is 0.320 e. The van der Waals surface area contributed by atoms with Crippen molar-refractivity contribution >= 4 is 33.2 Å². The minimum atomic E-state index is -3.81. The van der Waals surface area contributed by atoms with Crippen LogP contribution in [0, 0.1) is 13.8 Å². The Kier molecular flexibility index (Phi) is 6.83. The number of halogens is 1. The van der Waals surface area contributed by atoms with Crippen molar-refractivity contribution < 1.29 is 13.2 Å². The van der Waals surface area contributed by atoms with E-state index in [1.54, 1.807) is 24.6 Å². The van der Waals surface area contributed by atoms with Gasteiger partial charge in [0.25, 0.3) is 5.91 Å². The fraction of sp³-hybridized carbons (Fsp3) is 0.273. The zero-order valence-electron chi connectivity index (χ0n) is 17.9. The summed E-state index contributed by atoms with van der Waals surface area (Å²) in [4.78, 5) is 12.9. The molecule has 7 nitrogen and oxygen atoms in total. The Labute approximate surface area is 187 Å². The minimum absolute atomic E-state index is 0.0755. The van der Waals surface area contributed by atoms with Gasteiger partial charge < -0.3 is 5.32 Å². The number of nitrogens with one attached hydrogen (secondary N) is 1. The van der Waals surface area contributed by atoms with Crippen LogP contribution in [-0.4, -0.2) is 41.5 Å². The fourth-order valence-electron chi connectivity index (χ4n) is 3.38. The van der Waals surface area contributed by atoms with Crippen LogP contribution in [0.5, 0.6) is 0 Å². The highest BCUT2D eigenvalue weighted by Gasteiger charge is 2.25. The first-order valence-electron chi connectivity index (χ1n) is 9.92. The summed E-state index contributed by atoms with van der Waals surface area (Å²) in [7, 11) is -3.81. The van der Waals surface area contributed by atoms with Crippen molar-refractivity contribution in [3.8, 4) is 5.69 Å². The van der Waals surface area contributed by atoms with Crippen LogP contribution >= 0.6 is 11.6 Å². The predicted octanol–water partition coefficient (Wildman–Crippen LogP) is 4.43. The lowest BCUT2D eigenvalue weighted by atomic mass is 10.2. The third-order valence-electron chi connectivity index (χ3n) is 4.91. The second kappa shape index (κ2) is 9.21. The van der Waals surface area contributed by atoms with E-state index in [1.807, 2.05) is 38.1 Å². The van der Waals surface area contributed by atoms with Crippen LogP contribution in [0.3, 0.4) is 0 Å². The molecule has 0 aliphatic rings. The van der Waals surface area contributed by atoms with E-state index in [0.29, 0.717) is 24.5 Å². The van der Waals surface area contributed by atoms with Gasteiger partial charge in [0.15, 0.2) is 0 Å². The van der Waals surface area contributed by atoms with E-state index in [9.17, 15) is 13.2 Å². The van der Waals surface area contributed by atoms with Gasteiger partial charge in [0, 0.05) is 24.3 Å². The SMILES string of the molecule is CCN(CC)S(=O)(=O)c1cc(C(=O)Nc2ccccc2-n2nc(C)cc2C)ccc1Cl. The standard InChI is InChI=1S/C22H25ClN4O3S/c1-5-26(6-2)31(29,30)21-14-17(11-12-18(21)23)22(28)24-19-9-7-8-10-20(19)27-16(4)13-15(3)25-27/h7-14H,5-6H2,1-4H3,(H,24,28). The molecule has 0 aliphatic carbocycles. The van der Waals surface area contributed by atoms with E-state index in [-0.39, 0.29) is 15.5 Å². The van der Waals surface area contributed by atoms with Gasteiger partial charge in [-0.15, -0.1) is 0 Å². The number of anilines is 1. The van der Waals surface area contributed by atoms with Crippen LogP contribution in [0.2, 0.25) is 5.02 Å². The number of rotatable bonds is 7. The van der Waals surface area contributed by atoms with Gasteiger partial charge in [-0.2, -0.15) is 9.40 Å². The monoisotopic (exact) mass is 460 g/mol. The zero-order chi connectivity index (χ0) is 22.8. The fourth-order valence-corrected chi connectivity index (χ4v) is 5.33. The molecule has 1 heterocycles. The van der Waals surface area contributed by atoms with E-state index in [4.69, 9.17) is 11.6 Å². The molecule has 1 N–H and O–H groups in total. The van der Waals surface area contributed by atoms with E-state index in [1.165, 1.54) is 22.5 Å². The highest BCUT2D eigenvalue weighted by atomic mass is 35.5. The van der Waals surface area contributed by atoms with E-state index < -0.39 is 15.9 Å². The van der Waals surface area contributed by atoms with Crippen LogP contribution in [0.25, 0.3) is 5.69 Å². The van der Waals surface area contributed by atoms with Crippen molar-refractivity contribution in [1.82, 2.24) is 14.1 Å². The molecule has 2 aromatic carbocycles. The van der Waals surface area contributed by atoms with Crippen molar-refractivity contribution in [2.45, 2.75) is 32.6 Å². The summed E-state index contributed by atoms with van der Waals surface area (Å²) < 4.78 is 28.9. The van der Waals surface area contributed by atoms with Gasteiger partial charge in [0.1, 0.15) is 4.90 Å². The van der Waals surface area contributed by atoms with Crippen molar-refractivity contribution in [1.29, 1.82) is 0 Å². The van der Waals surface area contributed by atoms with E-state index in [0.717, 1.165) is 11.4 Å². The van der Waals surface area contributed by atoms with Crippen molar-refractivity contribution in [2.24, 2.45) is 0 Å². The normalized spacial score (nSPS) is 11.7. The Hall–Kier alpha value is -2.68. The summed E-state index contributed by atoms with van der Waals surface area (Å²) in [5.41, 5.74) is 3.26. The first-order chi connectivity index (χ1) is 14.7. The summed E-state index contributed by atoms with van der Waals surface area (Å²) in [6.07, 6.45) is 0. The maximum Gasteiger partial charge on any atom is 0.255 e. The topological polar surface area (TPSA) is 84.3 Å². The first-order valence-corrected chi connectivity index (χ1v) is 11.7. The van der Waals surface area contributed by atoms with Crippen LogP contribution in [-0.2, 0) is 10.0 Å². The molecule has 31 heavy (non-hydrogen) atoms. The first kappa shape index (κ1) is 23.0. The molecule has 0 aliphatic heterocycles. The van der Waals surface area contributed by atoms with Gasteiger partial charge in [0.2, 0.25) is 10.0 Å². The van der Waals surface area contributed by atoms with Crippen molar-refractivity contribution in [2.75, 3.05) is 18.4 Å². The third kappa shape index (κ3) is 4.66. The highest BCUT2D eigenvalue weighted by Crippen LogP contribution is 2.27. The Bertz CT molecular complexity index is 1220. The Morgan fingerprint density at radius 1 is 1.10 bits per heavy atom. The lowest BCUT2D eigenvalue weighted by Crippen LogP contribution is -2.31. The van der Waals surface area contributed by atoms with E-state index >= 15 is 0 Å². The molecule has 0 unspecified atom stereocenters. The maximum absolute atomic E-state index is 13.0. The minimum Gasteiger partial charge on any atom is -0.320 e. The summed E-state index contributed by atoms with van der Waals surface area (Å²) >= 11 is 6.18. The number of amides is 1. The van der Waals surface area contributed by atoms with Crippen LogP contribution in [0.1, 0.15) is 35.6 Å². The molecule has 1 aromatic heterocycles. The quantitative estimate of drug-likeness (QED) is 0.565. The molecular formula is C22H25ClN4O3S. The molecule has 0 saturated heterocycles. The van der Waals surface area contributed by atoms with Crippen LogP contribution in [0.15, 0.2) is 53.4 Å². The molecule has 0 atom stereocenters. The molecule has 3 rings (SSSR count). The van der Waals surface area contributed by atoms with Gasteiger partial charge in [0.05, 0.1) is 22.1 Å². The molecule has 164 valence electrons. The second-order valence-corrected chi connectivity index (χ2v) is 9.36. The van der Waals surface area contributed by atoms with Crippen molar-refractivity contribution in [3.05, 3.63) is 70.5 Å². The Morgan fingerprint density at radius 3 is 2.39 bits per heavy atom. The average Bonchev–Trinajstić information content (AvgIpc) is 3.07. The zero-order valence-corrected chi connectivity index (χ0v) is 19.5. The number of sulfonamides is 1. The van der Waals surface area contributed by atoms with Gasteiger partial charge >= 0.3 is 0 Å². The molecule has 3 aromatic rings. The number of para-hydroxylation sites is 2.